The van der Waals surface area contributed by atoms with Crippen molar-refractivity contribution in [3.63, 3.8) is 0 Å². The Hall–Kier alpha value is -6.31. The number of aryl methyl sites for hydroxylation is 2. The maximum Gasteiger partial charge on any atom is 2.00 e. The van der Waals surface area contributed by atoms with Gasteiger partial charge in [0.2, 0.25) is 0 Å². The van der Waals surface area contributed by atoms with Gasteiger partial charge in [0.05, 0.1) is 12.4 Å². The normalized spacial score (nSPS) is 11.5. The maximum absolute atomic E-state index is 12.1. The van der Waals surface area contributed by atoms with Crippen LogP contribution in [0.4, 0.5) is 0 Å². The third-order valence-corrected chi connectivity index (χ3v) is 8.19. The van der Waals surface area contributed by atoms with Crippen molar-refractivity contribution in [1.29, 1.82) is 0 Å². The molecule has 55 heavy (non-hydrogen) atoms. The van der Waals surface area contributed by atoms with Crippen LogP contribution in [-0.4, -0.2) is 24.2 Å². The molecule has 8 nitrogen and oxygen atoms in total. The summed E-state index contributed by atoms with van der Waals surface area (Å²) in [6.45, 7) is 5.18. The fraction of sp³-hybridized carbons (Fsp3) is 0.130. The van der Waals surface area contributed by atoms with Crippen LogP contribution in [0.1, 0.15) is 58.4 Å². The van der Waals surface area contributed by atoms with E-state index in [1.807, 2.05) is 109 Å². The molecule has 0 aliphatic rings. The molecular formula is C46H42N4NiO4. The van der Waals surface area contributed by atoms with Crippen molar-refractivity contribution < 1.29 is 36.2 Å². The minimum Gasteiger partial charge on any atom is -0.857 e. The molecule has 0 fully saturated rings. The predicted molar refractivity (Wildman–Crippen MR) is 214 cm³/mol. The monoisotopic (exact) mass is 772 g/mol. The smallest absolute Gasteiger partial charge is 0.857 e. The Bertz CT molecular complexity index is 1960. The number of hydrogen-bond donors (Lipinski definition) is 0. The van der Waals surface area contributed by atoms with Gasteiger partial charge >= 0.3 is 16.5 Å². The summed E-state index contributed by atoms with van der Waals surface area (Å²) >= 11 is 0. The predicted octanol–water partition coefficient (Wildman–Crippen LogP) is 7.94. The van der Waals surface area contributed by atoms with Gasteiger partial charge in [0.25, 0.3) is 0 Å². The molecule has 0 heterocycles. The second kappa shape index (κ2) is 22.7. The summed E-state index contributed by atoms with van der Waals surface area (Å²) in [5.41, 5.74) is 7.47. The van der Waals surface area contributed by atoms with E-state index >= 15 is 0 Å². The molecule has 0 saturated carbocycles. The Morgan fingerprint density at radius 3 is 1.13 bits per heavy atom. The van der Waals surface area contributed by atoms with Gasteiger partial charge < -0.3 is 19.7 Å². The Labute approximate surface area is 333 Å². The maximum atomic E-state index is 12.1. The zero-order valence-electron chi connectivity index (χ0n) is 30.7. The largest absolute Gasteiger partial charge is 2.00 e. The molecule has 0 amide bonds. The van der Waals surface area contributed by atoms with Gasteiger partial charge in [0, 0.05) is 11.8 Å². The quantitative estimate of drug-likeness (QED) is 0.0484. The molecule has 0 aliphatic heterocycles. The molecule has 0 saturated heterocycles. The number of ether oxygens (including phenoxy) is 2. The van der Waals surface area contributed by atoms with Crippen molar-refractivity contribution in [2.24, 2.45) is 20.4 Å². The first-order chi connectivity index (χ1) is 26.5. The molecule has 6 aromatic carbocycles. The van der Waals surface area contributed by atoms with E-state index in [4.69, 9.17) is 9.47 Å². The fourth-order valence-corrected chi connectivity index (χ4v) is 4.96. The van der Waals surface area contributed by atoms with Crippen LogP contribution in [0.25, 0.3) is 0 Å². The van der Waals surface area contributed by atoms with E-state index in [9.17, 15) is 10.2 Å². The van der Waals surface area contributed by atoms with Crippen molar-refractivity contribution in [2.45, 2.75) is 39.9 Å². The molecule has 0 bridgehead atoms. The Morgan fingerprint density at radius 2 is 0.800 bits per heavy atom. The van der Waals surface area contributed by atoms with Crippen LogP contribution in [-0.2, 0) is 42.5 Å². The molecule has 0 N–H and O–H groups in total. The van der Waals surface area contributed by atoms with Crippen molar-refractivity contribution in [3.8, 4) is 11.5 Å². The third kappa shape index (κ3) is 14.2. The van der Waals surface area contributed by atoms with Gasteiger partial charge in [-0.15, -0.1) is 0 Å². The molecule has 280 valence electrons. The van der Waals surface area contributed by atoms with Gasteiger partial charge in [0.1, 0.15) is 24.7 Å². The van der Waals surface area contributed by atoms with Crippen molar-refractivity contribution in [2.75, 3.05) is 0 Å². The van der Waals surface area contributed by atoms with Crippen LogP contribution in [0, 0.1) is 0 Å². The molecule has 0 aromatic heterocycles. The molecule has 0 aliphatic carbocycles. The van der Waals surface area contributed by atoms with Crippen molar-refractivity contribution in [1.82, 2.24) is 0 Å². The van der Waals surface area contributed by atoms with E-state index in [0.717, 1.165) is 35.1 Å². The second-order valence-corrected chi connectivity index (χ2v) is 12.1. The standard InChI is InChI=1S/2C23H22N2O2.Ni/c2*1-2-18-8-10-19(11-9-18)16-24-25-23(26)21-12-14-22(15-13-21)27-17-20-6-4-3-5-7-20;/h2*3-16H,2,17H2,1H3,(H,25,26);/q;;+2/p-2/b2*24-16-;. The Morgan fingerprint density at radius 1 is 0.455 bits per heavy atom. The van der Waals surface area contributed by atoms with Crippen LogP contribution in [0.15, 0.2) is 178 Å². The SMILES string of the molecule is CCc1ccc(/C=N\N=C(/[O-])c2ccc(OCc3ccccc3)cc2)cc1.CCc1ccc(/C=N\N=C(/[O-])c2ccc(OCc3ccccc3)cc2)cc1.[Ni+2]. The summed E-state index contributed by atoms with van der Waals surface area (Å²) < 4.78 is 11.4. The molecule has 0 atom stereocenters. The van der Waals surface area contributed by atoms with Gasteiger partial charge in [-0.3, -0.25) is 0 Å². The van der Waals surface area contributed by atoms with Crippen LogP contribution in [0.2, 0.25) is 0 Å². The van der Waals surface area contributed by atoms with Crippen LogP contribution in [0.5, 0.6) is 11.5 Å². The Balaban J connectivity index is 0.000000240. The summed E-state index contributed by atoms with van der Waals surface area (Å²) in [6, 6.07) is 49.7. The fourth-order valence-electron chi connectivity index (χ4n) is 4.96. The summed E-state index contributed by atoms with van der Waals surface area (Å²) in [6.07, 6.45) is 5.14. The Kier molecular flexibility index (Phi) is 17.1. The number of benzene rings is 6. The zero-order chi connectivity index (χ0) is 37.8. The molecule has 0 spiro atoms. The van der Waals surface area contributed by atoms with Crippen molar-refractivity contribution >= 4 is 24.2 Å². The molecular weight excluding hydrogens is 731 g/mol. The first kappa shape index (κ1) is 41.4. The van der Waals surface area contributed by atoms with E-state index < -0.39 is 0 Å². The average Bonchev–Trinajstić information content (AvgIpc) is 3.24. The number of nitrogens with zero attached hydrogens (tertiary/aromatic N) is 4. The minimum absolute atomic E-state index is 0. The summed E-state index contributed by atoms with van der Waals surface area (Å²) in [5.74, 6) is 0.641. The molecule has 6 rings (SSSR count). The number of rotatable bonds is 14. The van der Waals surface area contributed by atoms with E-state index in [1.54, 1.807) is 61.0 Å². The van der Waals surface area contributed by atoms with E-state index in [1.165, 1.54) is 11.1 Å². The van der Waals surface area contributed by atoms with E-state index in [-0.39, 0.29) is 28.3 Å². The molecule has 6 aromatic rings. The van der Waals surface area contributed by atoms with E-state index in [0.29, 0.717) is 35.8 Å². The van der Waals surface area contributed by atoms with Crippen LogP contribution in [0.3, 0.4) is 0 Å². The van der Waals surface area contributed by atoms with Gasteiger partial charge in [-0.05, 0) is 81.6 Å². The van der Waals surface area contributed by atoms with Gasteiger partial charge in [-0.25, -0.2) is 0 Å². The first-order valence-corrected chi connectivity index (χ1v) is 17.8. The van der Waals surface area contributed by atoms with Gasteiger partial charge in [-0.1, -0.05) is 147 Å². The van der Waals surface area contributed by atoms with Crippen LogP contribution < -0.4 is 19.7 Å². The topological polar surface area (TPSA) is 114 Å². The summed E-state index contributed by atoms with van der Waals surface area (Å²) in [5, 5.41) is 39.5. The number of hydrogen-bond acceptors (Lipinski definition) is 8. The van der Waals surface area contributed by atoms with Crippen molar-refractivity contribution in [3.05, 3.63) is 202 Å². The van der Waals surface area contributed by atoms with Gasteiger partial charge in [-0.2, -0.15) is 20.4 Å². The summed E-state index contributed by atoms with van der Waals surface area (Å²) in [4.78, 5) is 0. The van der Waals surface area contributed by atoms with E-state index in [2.05, 4.69) is 34.3 Å². The van der Waals surface area contributed by atoms with Crippen LogP contribution >= 0.6 is 0 Å². The first-order valence-electron chi connectivity index (χ1n) is 17.8. The minimum atomic E-state index is -0.383. The summed E-state index contributed by atoms with van der Waals surface area (Å²) in [7, 11) is 0. The third-order valence-electron chi connectivity index (χ3n) is 8.19. The average molecular weight is 774 g/mol. The molecule has 9 heteroatoms. The zero-order valence-corrected chi connectivity index (χ0v) is 31.7. The molecule has 0 unspecified atom stereocenters. The van der Waals surface area contributed by atoms with Gasteiger partial charge in [0.15, 0.2) is 0 Å². The molecule has 0 radical (unpaired) electrons. The second-order valence-electron chi connectivity index (χ2n) is 12.1.